The summed E-state index contributed by atoms with van der Waals surface area (Å²) < 4.78 is 49.9. The van der Waals surface area contributed by atoms with Crippen molar-refractivity contribution < 1.29 is 32.2 Å². The van der Waals surface area contributed by atoms with E-state index in [-0.39, 0.29) is 13.2 Å². The molecule has 0 amide bonds. The zero-order valence-electron chi connectivity index (χ0n) is 13.9. The van der Waals surface area contributed by atoms with Gasteiger partial charge in [-0.25, -0.2) is 0 Å². The molecule has 0 saturated carbocycles. The Balaban J connectivity index is 3.47. The van der Waals surface area contributed by atoms with Crippen LogP contribution in [0.4, 0.5) is 13.2 Å². The summed E-state index contributed by atoms with van der Waals surface area (Å²) in [6.45, 7) is 3.46. The second-order valence-electron chi connectivity index (χ2n) is 5.34. The van der Waals surface area contributed by atoms with Crippen LogP contribution in [0.5, 0.6) is 0 Å². The van der Waals surface area contributed by atoms with Crippen LogP contribution in [0.1, 0.15) is 26.3 Å². The molecule has 7 heteroatoms. The summed E-state index contributed by atoms with van der Waals surface area (Å²) in [5.74, 6) is -4.71. The van der Waals surface area contributed by atoms with Crippen LogP contribution in [0.3, 0.4) is 0 Å². The number of halogens is 3. The Morgan fingerprint density at radius 3 is 1.83 bits per heavy atom. The summed E-state index contributed by atoms with van der Waals surface area (Å²) >= 11 is 0. The van der Waals surface area contributed by atoms with E-state index in [0.717, 1.165) is 6.92 Å². The smallest absolute Gasteiger partial charge is 0.393 e. The first-order valence-electron chi connectivity index (χ1n) is 7.65. The van der Waals surface area contributed by atoms with Crippen molar-refractivity contribution in [3.05, 3.63) is 35.9 Å². The molecule has 1 aromatic rings. The molecule has 0 radical (unpaired) electrons. The molecule has 0 aromatic heterocycles. The molecule has 0 N–H and O–H groups in total. The van der Waals surface area contributed by atoms with E-state index in [9.17, 15) is 22.8 Å². The lowest BCUT2D eigenvalue weighted by atomic mass is 9.71. The summed E-state index contributed by atoms with van der Waals surface area (Å²) in [6.07, 6.45) is -5.22. The van der Waals surface area contributed by atoms with E-state index in [1.807, 2.05) is 0 Å². The number of esters is 2. The highest BCUT2D eigenvalue weighted by molar-refractivity contribution is 6.01. The fraction of sp³-hybridized carbons (Fsp3) is 0.529. The monoisotopic (exact) mass is 346 g/mol. The summed E-state index contributed by atoms with van der Waals surface area (Å²) in [5, 5.41) is 0. The number of hydrogen-bond acceptors (Lipinski definition) is 4. The second kappa shape index (κ2) is 8.17. The third kappa shape index (κ3) is 4.27. The normalized spacial score (nSPS) is 13.2. The van der Waals surface area contributed by atoms with Gasteiger partial charge in [-0.1, -0.05) is 37.3 Å². The molecule has 0 aliphatic rings. The van der Waals surface area contributed by atoms with E-state index in [2.05, 4.69) is 0 Å². The molecule has 0 bridgehead atoms. The van der Waals surface area contributed by atoms with Gasteiger partial charge in [-0.15, -0.1) is 0 Å². The fourth-order valence-corrected chi connectivity index (χ4v) is 2.45. The van der Waals surface area contributed by atoms with Crippen LogP contribution in [0.25, 0.3) is 0 Å². The Morgan fingerprint density at radius 1 is 1.00 bits per heavy atom. The van der Waals surface area contributed by atoms with Gasteiger partial charge < -0.3 is 9.47 Å². The molecule has 0 saturated heterocycles. The number of alkyl halides is 3. The Bertz CT molecular complexity index is 537. The molecule has 1 atom stereocenters. The van der Waals surface area contributed by atoms with Crippen LogP contribution >= 0.6 is 0 Å². The average molecular weight is 346 g/mol. The van der Waals surface area contributed by atoms with Crippen LogP contribution < -0.4 is 0 Å². The third-order valence-electron chi connectivity index (χ3n) is 3.84. The minimum atomic E-state index is -4.77. The molecule has 0 fully saturated rings. The summed E-state index contributed by atoms with van der Waals surface area (Å²) in [4.78, 5) is 24.9. The SMILES string of the molecule is CCOC(=O)C(Cc1ccccc1)(C(=O)OCC)C(C)C(F)(F)F. The molecule has 0 aliphatic heterocycles. The first-order chi connectivity index (χ1) is 11.2. The highest BCUT2D eigenvalue weighted by atomic mass is 19.4. The van der Waals surface area contributed by atoms with Crippen LogP contribution in [0.15, 0.2) is 30.3 Å². The molecule has 0 spiro atoms. The lowest BCUT2D eigenvalue weighted by Gasteiger charge is -2.35. The minimum absolute atomic E-state index is 0.140. The van der Waals surface area contributed by atoms with Gasteiger partial charge in [0, 0.05) is 0 Å². The van der Waals surface area contributed by atoms with Gasteiger partial charge in [0.25, 0.3) is 0 Å². The fourth-order valence-electron chi connectivity index (χ4n) is 2.45. The lowest BCUT2D eigenvalue weighted by molar-refractivity contribution is -0.221. The number of carbonyl (C=O) groups is 2. The first-order valence-corrected chi connectivity index (χ1v) is 7.65. The number of benzene rings is 1. The van der Waals surface area contributed by atoms with Crippen LogP contribution in [-0.2, 0) is 25.5 Å². The van der Waals surface area contributed by atoms with Gasteiger partial charge in [0.2, 0.25) is 0 Å². The van der Waals surface area contributed by atoms with Crippen molar-refractivity contribution in [2.45, 2.75) is 33.4 Å². The Labute approximate surface area is 138 Å². The average Bonchev–Trinajstić information content (AvgIpc) is 2.52. The van der Waals surface area contributed by atoms with Crippen molar-refractivity contribution in [2.24, 2.45) is 11.3 Å². The maximum Gasteiger partial charge on any atom is 0.393 e. The van der Waals surface area contributed by atoms with Crippen LogP contribution in [0.2, 0.25) is 0 Å². The maximum atomic E-state index is 13.4. The molecule has 0 heterocycles. The van der Waals surface area contributed by atoms with Crippen molar-refractivity contribution in [3.8, 4) is 0 Å². The zero-order valence-corrected chi connectivity index (χ0v) is 13.9. The van der Waals surface area contributed by atoms with Gasteiger partial charge in [0.1, 0.15) is 0 Å². The van der Waals surface area contributed by atoms with Crippen molar-refractivity contribution in [1.82, 2.24) is 0 Å². The first kappa shape index (κ1) is 20.0. The number of ether oxygens (including phenoxy) is 2. The number of carbonyl (C=O) groups excluding carboxylic acids is 2. The molecular formula is C17H21F3O4. The molecular weight excluding hydrogens is 325 g/mol. The Morgan fingerprint density at radius 2 is 1.46 bits per heavy atom. The summed E-state index contributed by atoms with van der Waals surface area (Å²) in [5.41, 5.74) is -2.07. The van der Waals surface area contributed by atoms with E-state index < -0.39 is 35.9 Å². The molecule has 1 aromatic carbocycles. The number of rotatable bonds is 7. The summed E-state index contributed by atoms with van der Waals surface area (Å²) in [6, 6.07) is 8.03. The van der Waals surface area contributed by atoms with Gasteiger partial charge in [-0.3, -0.25) is 9.59 Å². The van der Waals surface area contributed by atoms with Crippen molar-refractivity contribution in [3.63, 3.8) is 0 Å². The van der Waals surface area contributed by atoms with E-state index in [0.29, 0.717) is 5.56 Å². The highest BCUT2D eigenvalue weighted by Gasteiger charge is 2.61. The van der Waals surface area contributed by atoms with E-state index in [4.69, 9.17) is 9.47 Å². The molecule has 134 valence electrons. The van der Waals surface area contributed by atoms with Crippen LogP contribution in [-0.4, -0.2) is 31.3 Å². The molecule has 1 unspecified atom stereocenters. The predicted octanol–water partition coefficient (Wildman–Crippen LogP) is 3.54. The van der Waals surface area contributed by atoms with Crippen LogP contribution in [0, 0.1) is 11.3 Å². The van der Waals surface area contributed by atoms with Crippen molar-refractivity contribution >= 4 is 11.9 Å². The topological polar surface area (TPSA) is 52.6 Å². The lowest BCUT2D eigenvalue weighted by Crippen LogP contribution is -2.53. The van der Waals surface area contributed by atoms with Gasteiger partial charge >= 0.3 is 18.1 Å². The van der Waals surface area contributed by atoms with Gasteiger partial charge in [-0.2, -0.15) is 13.2 Å². The number of hydrogen-bond donors (Lipinski definition) is 0. The molecule has 1 rings (SSSR count). The van der Waals surface area contributed by atoms with Gasteiger partial charge in [0.15, 0.2) is 5.41 Å². The highest BCUT2D eigenvalue weighted by Crippen LogP contribution is 2.44. The maximum absolute atomic E-state index is 13.4. The quantitative estimate of drug-likeness (QED) is 0.560. The zero-order chi connectivity index (χ0) is 18.4. The largest absolute Gasteiger partial charge is 0.465 e. The van der Waals surface area contributed by atoms with E-state index in [1.54, 1.807) is 30.3 Å². The van der Waals surface area contributed by atoms with Crippen molar-refractivity contribution in [2.75, 3.05) is 13.2 Å². The van der Waals surface area contributed by atoms with E-state index >= 15 is 0 Å². The standard InChI is InChI=1S/C17H21F3O4/c1-4-23-14(21)16(15(22)24-5-2,12(3)17(18,19)20)11-13-9-7-6-8-10-13/h6-10,12H,4-5,11H2,1-3H3. The molecule has 4 nitrogen and oxygen atoms in total. The third-order valence-corrected chi connectivity index (χ3v) is 3.84. The minimum Gasteiger partial charge on any atom is -0.465 e. The molecule has 0 aliphatic carbocycles. The van der Waals surface area contributed by atoms with Gasteiger partial charge in [-0.05, 0) is 25.8 Å². The molecule has 24 heavy (non-hydrogen) atoms. The van der Waals surface area contributed by atoms with Gasteiger partial charge in [0.05, 0.1) is 19.1 Å². The predicted molar refractivity (Wildman–Crippen MR) is 81.1 cm³/mol. The van der Waals surface area contributed by atoms with E-state index in [1.165, 1.54) is 13.8 Å². The Hall–Kier alpha value is -2.05. The second-order valence-corrected chi connectivity index (χ2v) is 5.34. The van der Waals surface area contributed by atoms with Crippen molar-refractivity contribution in [1.29, 1.82) is 0 Å². The summed E-state index contributed by atoms with van der Waals surface area (Å²) in [7, 11) is 0. The Kier molecular flexibility index (Phi) is 6.81.